The van der Waals surface area contributed by atoms with Crippen molar-refractivity contribution >= 4 is 41.3 Å². The van der Waals surface area contributed by atoms with E-state index in [0.29, 0.717) is 25.3 Å². The van der Waals surface area contributed by atoms with Gasteiger partial charge in [-0.15, -0.1) is 23.7 Å². The van der Waals surface area contributed by atoms with Crippen LogP contribution in [-0.2, 0) is 19.5 Å². The van der Waals surface area contributed by atoms with Gasteiger partial charge in [0, 0.05) is 30.0 Å². The summed E-state index contributed by atoms with van der Waals surface area (Å²) in [4.78, 5) is 18.5. The number of nitrogens with two attached hydrogens (primary N) is 1. The maximum Gasteiger partial charge on any atom is 0.273 e. The Labute approximate surface area is 138 Å². The number of thiazole rings is 1. The summed E-state index contributed by atoms with van der Waals surface area (Å²) in [6.07, 6.45) is 0.786. The molecule has 0 aliphatic carbocycles. The molecule has 0 fully saturated rings. The van der Waals surface area contributed by atoms with Crippen molar-refractivity contribution in [2.45, 2.75) is 19.5 Å². The van der Waals surface area contributed by atoms with Crippen LogP contribution in [0.5, 0.6) is 0 Å². The minimum Gasteiger partial charge on any atom is -0.333 e. The molecule has 1 amide bonds. The summed E-state index contributed by atoms with van der Waals surface area (Å²) < 4.78 is 0. The highest BCUT2D eigenvalue weighted by molar-refractivity contribution is 7.09. The molecule has 21 heavy (non-hydrogen) atoms. The molecule has 2 N–H and O–H groups in total. The van der Waals surface area contributed by atoms with Crippen molar-refractivity contribution in [3.8, 4) is 0 Å². The summed E-state index contributed by atoms with van der Waals surface area (Å²) in [5.74, 6) is -0.0356. The lowest BCUT2D eigenvalue weighted by Gasteiger charge is -2.28. The summed E-state index contributed by atoms with van der Waals surface area (Å²) in [5, 5.41) is 3.35. The number of carbonyl (C=O) groups is 1. The monoisotopic (exact) mass is 343 g/mol. The molecule has 0 spiro atoms. The van der Waals surface area contributed by atoms with Gasteiger partial charge in [0.25, 0.3) is 5.91 Å². The van der Waals surface area contributed by atoms with Crippen LogP contribution in [0.15, 0.2) is 23.6 Å². The normalized spacial score (nSPS) is 13.5. The Morgan fingerprint density at radius 3 is 3.00 bits per heavy atom. The zero-order valence-corrected chi connectivity index (χ0v) is 13.6. The fraction of sp³-hybridized carbons (Fsp3) is 0.286. The van der Waals surface area contributed by atoms with Gasteiger partial charge in [0.1, 0.15) is 10.7 Å². The zero-order valence-electron chi connectivity index (χ0n) is 11.2. The third-order valence-corrected chi connectivity index (χ3v) is 4.67. The van der Waals surface area contributed by atoms with Gasteiger partial charge in [-0.25, -0.2) is 4.98 Å². The van der Waals surface area contributed by atoms with Gasteiger partial charge in [-0.05, 0) is 23.6 Å². The van der Waals surface area contributed by atoms with Gasteiger partial charge >= 0.3 is 0 Å². The Morgan fingerprint density at radius 1 is 1.48 bits per heavy atom. The first-order valence-electron chi connectivity index (χ1n) is 6.39. The lowest BCUT2D eigenvalue weighted by molar-refractivity contribution is 0.0729. The van der Waals surface area contributed by atoms with Crippen LogP contribution in [0.4, 0.5) is 0 Å². The fourth-order valence-corrected chi connectivity index (χ4v) is 3.34. The molecule has 3 rings (SSSR count). The van der Waals surface area contributed by atoms with Gasteiger partial charge in [-0.3, -0.25) is 4.79 Å². The number of hydrogen-bond donors (Lipinski definition) is 1. The summed E-state index contributed by atoms with van der Waals surface area (Å²) in [5.41, 5.74) is 8.29. The average Bonchev–Trinajstić information content (AvgIpc) is 2.95. The van der Waals surface area contributed by atoms with Crippen LogP contribution in [-0.4, -0.2) is 22.3 Å². The van der Waals surface area contributed by atoms with Gasteiger partial charge < -0.3 is 10.6 Å². The van der Waals surface area contributed by atoms with E-state index in [0.717, 1.165) is 27.6 Å². The molecule has 112 valence electrons. The SMILES string of the molecule is Cl.NCc1nc(C(=O)N2CCc3c(Cl)cccc3C2)cs1. The first-order valence-corrected chi connectivity index (χ1v) is 7.65. The third kappa shape index (κ3) is 3.21. The van der Waals surface area contributed by atoms with E-state index in [1.165, 1.54) is 11.3 Å². The average molecular weight is 344 g/mol. The molecule has 1 aliphatic heterocycles. The summed E-state index contributed by atoms with van der Waals surface area (Å²) in [6, 6.07) is 5.84. The number of carbonyl (C=O) groups excluding carboxylic acids is 1. The predicted octanol–water partition coefficient (Wildman–Crippen LogP) is 2.88. The number of halogens is 2. The molecule has 0 atom stereocenters. The van der Waals surface area contributed by atoms with E-state index >= 15 is 0 Å². The first kappa shape index (κ1) is 16.2. The van der Waals surface area contributed by atoms with Crippen LogP contribution < -0.4 is 5.73 Å². The van der Waals surface area contributed by atoms with Gasteiger partial charge in [-0.2, -0.15) is 0 Å². The maximum absolute atomic E-state index is 12.4. The second-order valence-corrected chi connectivity index (χ2v) is 6.03. The van der Waals surface area contributed by atoms with Crippen LogP contribution >= 0.6 is 35.3 Å². The van der Waals surface area contributed by atoms with E-state index in [9.17, 15) is 4.79 Å². The van der Waals surface area contributed by atoms with Crippen LogP contribution in [0.3, 0.4) is 0 Å². The highest BCUT2D eigenvalue weighted by Crippen LogP contribution is 2.26. The van der Waals surface area contributed by atoms with Crippen molar-refractivity contribution in [1.29, 1.82) is 0 Å². The van der Waals surface area contributed by atoms with Crippen molar-refractivity contribution < 1.29 is 4.79 Å². The lowest BCUT2D eigenvalue weighted by atomic mass is 9.99. The Balaban J connectivity index is 0.00000161. The summed E-state index contributed by atoms with van der Waals surface area (Å²) in [6.45, 7) is 1.63. The number of amides is 1. The van der Waals surface area contributed by atoms with Crippen LogP contribution in [0.1, 0.15) is 26.6 Å². The molecule has 0 saturated heterocycles. The third-order valence-electron chi connectivity index (χ3n) is 3.44. The number of nitrogens with zero attached hydrogens (tertiary/aromatic N) is 2. The maximum atomic E-state index is 12.4. The number of aromatic nitrogens is 1. The van der Waals surface area contributed by atoms with E-state index in [-0.39, 0.29) is 18.3 Å². The topological polar surface area (TPSA) is 59.2 Å². The smallest absolute Gasteiger partial charge is 0.273 e. The van der Waals surface area contributed by atoms with Crippen molar-refractivity contribution in [3.63, 3.8) is 0 Å². The molecule has 1 aromatic heterocycles. The highest BCUT2D eigenvalue weighted by Gasteiger charge is 2.24. The molecule has 0 saturated carbocycles. The fourth-order valence-electron chi connectivity index (χ4n) is 2.40. The second-order valence-electron chi connectivity index (χ2n) is 4.68. The lowest BCUT2D eigenvalue weighted by Crippen LogP contribution is -2.36. The largest absolute Gasteiger partial charge is 0.333 e. The van der Waals surface area contributed by atoms with Gasteiger partial charge in [0.15, 0.2) is 0 Å². The Kier molecular flexibility index (Phi) is 5.22. The molecule has 2 aromatic rings. The molecule has 4 nitrogen and oxygen atoms in total. The Morgan fingerprint density at radius 2 is 2.29 bits per heavy atom. The molecule has 0 radical (unpaired) electrons. The van der Waals surface area contributed by atoms with E-state index < -0.39 is 0 Å². The Bertz CT molecular complexity index is 659. The van der Waals surface area contributed by atoms with Crippen LogP contribution in [0.25, 0.3) is 0 Å². The molecule has 1 aromatic carbocycles. The predicted molar refractivity (Wildman–Crippen MR) is 87.1 cm³/mol. The summed E-state index contributed by atoms with van der Waals surface area (Å²) in [7, 11) is 0. The molecule has 0 bridgehead atoms. The standard InChI is InChI=1S/C14H14ClN3OS.ClH/c15-11-3-1-2-9-7-18(5-4-10(9)11)14(19)12-8-20-13(6-16)17-12;/h1-3,8H,4-7,16H2;1H. The second kappa shape index (κ2) is 6.75. The zero-order chi connectivity index (χ0) is 14.1. The molecular formula is C14H15Cl2N3OS. The van der Waals surface area contributed by atoms with Gasteiger partial charge in [-0.1, -0.05) is 23.7 Å². The minimum atomic E-state index is -0.0356. The molecule has 1 aliphatic rings. The molecule has 7 heteroatoms. The van der Waals surface area contributed by atoms with E-state index in [4.69, 9.17) is 17.3 Å². The molecule has 2 heterocycles. The summed E-state index contributed by atoms with van der Waals surface area (Å²) >= 11 is 7.61. The number of hydrogen-bond acceptors (Lipinski definition) is 4. The molecule has 0 unspecified atom stereocenters. The number of rotatable bonds is 2. The van der Waals surface area contributed by atoms with Crippen molar-refractivity contribution in [1.82, 2.24) is 9.88 Å². The van der Waals surface area contributed by atoms with Gasteiger partial charge in [0.05, 0.1) is 0 Å². The van der Waals surface area contributed by atoms with Crippen molar-refractivity contribution in [2.24, 2.45) is 5.73 Å². The van der Waals surface area contributed by atoms with Crippen LogP contribution in [0.2, 0.25) is 5.02 Å². The minimum absolute atomic E-state index is 0. The molecular weight excluding hydrogens is 329 g/mol. The first-order chi connectivity index (χ1) is 9.69. The quantitative estimate of drug-likeness (QED) is 0.911. The van der Waals surface area contributed by atoms with E-state index in [1.54, 1.807) is 5.38 Å². The van der Waals surface area contributed by atoms with E-state index in [2.05, 4.69) is 4.98 Å². The number of benzene rings is 1. The Hall–Kier alpha value is -1.14. The van der Waals surface area contributed by atoms with E-state index in [1.807, 2.05) is 23.1 Å². The van der Waals surface area contributed by atoms with Crippen LogP contribution in [0, 0.1) is 0 Å². The van der Waals surface area contributed by atoms with Gasteiger partial charge in [0.2, 0.25) is 0 Å². The highest BCUT2D eigenvalue weighted by atomic mass is 35.5. The van der Waals surface area contributed by atoms with Crippen molar-refractivity contribution in [2.75, 3.05) is 6.54 Å². The van der Waals surface area contributed by atoms with Crippen molar-refractivity contribution in [3.05, 3.63) is 50.4 Å². The number of fused-ring (bicyclic) bond motifs is 1.